The number of esters is 1. The maximum atomic E-state index is 10.4. The van der Waals surface area contributed by atoms with Crippen molar-refractivity contribution < 1.29 is 37.9 Å². The van der Waals surface area contributed by atoms with Crippen LogP contribution in [0.5, 0.6) is 0 Å². The molecule has 0 saturated heterocycles. The second-order valence-corrected chi connectivity index (χ2v) is 3.92. The molecule has 0 aliphatic heterocycles. The van der Waals surface area contributed by atoms with Crippen molar-refractivity contribution in [1.29, 1.82) is 0 Å². The number of carbonyl (C=O) groups is 4. The summed E-state index contributed by atoms with van der Waals surface area (Å²) in [4.78, 5) is 39.2. The first-order chi connectivity index (χ1) is 10.6. The van der Waals surface area contributed by atoms with E-state index in [1.165, 1.54) is 20.8 Å². The normalized spacial score (nSPS) is 7.96. The summed E-state index contributed by atoms with van der Waals surface area (Å²) in [6.45, 7) is 9.20. The van der Waals surface area contributed by atoms with Crippen LogP contribution in [0.4, 0.5) is 0 Å². The standard InChI is InChI=1S/C6H10O3.2C3H6O2.C2H5O.Al/c1-3-9-6(8)4-5(2)7;2*1-2-3(4)5;1-2-3;/h3-4H2,1-2H3;2*2H2,1H3,(H,4,5);2H2,1H3;/q;;;-1;+3/p-2. The summed E-state index contributed by atoms with van der Waals surface area (Å²) >= 11 is 2.16. The quantitative estimate of drug-likeness (QED) is 0.336. The SMILES string of the molecule is CCC(=O)[O-].CCC(=O)[O-].CCOC(=O)CC(C)=O.CC[O][Al+2]. The number of hydrogen-bond donors (Lipinski definition) is 0. The van der Waals surface area contributed by atoms with Gasteiger partial charge in [0.05, 0.1) is 6.61 Å². The van der Waals surface area contributed by atoms with Gasteiger partial charge in [-0.2, -0.15) is 0 Å². The fourth-order valence-corrected chi connectivity index (χ4v) is 0.415. The minimum absolute atomic E-state index is 0.103. The Morgan fingerprint density at radius 2 is 1.17 bits per heavy atom. The minimum atomic E-state index is -0.995. The molecule has 0 aliphatic rings. The molecule has 0 fully saturated rings. The molecule has 0 saturated carbocycles. The van der Waals surface area contributed by atoms with Crippen LogP contribution in [-0.4, -0.2) is 53.5 Å². The molecule has 8 nitrogen and oxygen atoms in total. The molecule has 0 amide bonds. The number of carboxylic acids is 2. The first-order valence-corrected chi connectivity index (χ1v) is 7.46. The Morgan fingerprint density at radius 3 is 1.30 bits per heavy atom. The van der Waals surface area contributed by atoms with Gasteiger partial charge in [0.2, 0.25) is 0 Å². The number of carboxylic acid groups (broad SMARTS) is 2. The topological polar surface area (TPSA) is 133 Å². The Kier molecular flexibility index (Phi) is 32.8. The van der Waals surface area contributed by atoms with Crippen LogP contribution in [-0.2, 0) is 27.7 Å². The van der Waals surface area contributed by atoms with Crippen LogP contribution < -0.4 is 10.2 Å². The fraction of sp³-hybridized carbons (Fsp3) is 0.714. The molecule has 0 aromatic heterocycles. The zero-order valence-electron chi connectivity index (χ0n) is 14.4. The maximum absolute atomic E-state index is 10.4. The van der Waals surface area contributed by atoms with E-state index in [2.05, 4.69) is 25.1 Å². The molecule has 0 aliphatic carbocycles. The van der Waals surface area contributed by atoms with Gasteiger partial charge in [0.25, 0.3) is 0 Å². The van der Waals surface area contributed by atoms with Gasteiger partial charge in [-0.05, 0) is 26.7 Å². The summed E-state index contributed by atoms with van der Waals surface area (Å²) in [5, 5.41) is 18.5. The van der Waals surface area contributed by atoms with Crippen molar-refractivity contribution in [3.8, 4) is 0 Å². The van der Waals surface area contributed by atoms with Gasteiger partial charge in [-0.25, -0.2) is 0 Å². The summed E-state index contributed by atoms with van der Waals surface area (Å²) in [5.41, 5.74) is 0. The summed E-state index contributed by atoms with van der Waals surface area (Å²) in [5.74, 6) is -2.59. The van der Waals surface area contributed by atoms with Gasteiger partial charge in [-0.15, -0.1) is 0 Å². The van der Waals surface area contributed by atoms with Crippen molar-refractivity contribution in [2.24, 2.45) is 0 Å². The van der Waals surface area contributed by atoms with E-state index in [0.717, 1.165) is 6.61 Å². The predicted octanol–water partition coefficient (Wildman–Crippen LogP) is -1.07. The molecule has 0 radical (unpaired) electrons. The summed E-state index contributed by atoms with van der Waals surface area (Å²) in [6.07, 6.45) is 0.119. The molecule has 0 heterocycles. The average molecular weight is 348 g/mol. The van der Waals surface area contributed by atoms with Crippen LogP contribution >= 0.6 is 0 Å². The average Bonchev–Trinajstić information content (AvgIpc) is 2.48. The molecule has 23 heavy (non-hydrogen) atoms. The Balaban J connectivity index is -0.000000112. The van der Waals surface area contributed by atoms with Crippen LogP contribution in [0.3, 0.4) is 0 Å². The summed E-state index contributed by atoms with van der Waals surface area (Å²) in [6, 6.07) is 0. The first kappa shape index (κ1) is 29.6. The molecule has 0 aromatic rings. The molecule has 0 bridgehead atoms. The third kappa shape index (κ3) is 63.5. The zero-order valence-corrected chi connectivity index (χ0v) is 15.5. The van der Waals surface area contributed by atoms with Crippen LogP contribution in [0.15, 0.2) is 0 Å². The van der Waals surface area contributed by atoms with Crippen molar-refractivity contribution in [3.05, 3.63) is 0 Å². The van der Waals surface area contributed by atoms with E-state index in [9.17, 15) is 29.4 Å². The van der Waals surface area contributed by atoms with E-state index in [1.54, 1.807) is 6.92 Å². The van der Waals surface area contributed by atoms with E-state index in [-0.39, 0.29) is 25.0 Å². The van der Waals surface area contributed by atoms with Gasteiger partial charge >= 0.3 is 39.9 Å². The summed E-state index contributed by atoms with van der Waals surface area (Å²) < 4.78 is 8.95. The van der Waals surface area contributed by atoms with Gasteiger partial charge in [0.1, 0.15) is 12.2 Å². The molecule has 0 spiro atoms. The molecular weight excluding hydrogens is 323 g/mol. The first-order valence-electron chi connectivity index (χ1n) is 6.98. The van der Waals surface area contributed by atoms with Crippen LogP contribution in [0.25, 0.3) is 0 Å². The van der Waals surface area contributed by atoms with Crippen molar-refractivity contribution in [3.63, 3.8) is 0 Å². The van der Waals surface area contributed by atoms with Crippen LogP contribution in [0, 0.1) is 0 Å². The number of ether oxygens (including phenoxy) is 1. The molecular formula is C14H25AlO8. The van der Waals surface area contributed by atoms with E-state index in [4.69, 9.17) is 0 Å². The molecule has 0 unspecified atom stereocenters. The second-order valence-electron chi connectivity index (χ2n) is 3.59. The van der Waals surface area contributed by atoms with Gasteiger partial charge in [0, 0.05) is 11.9 Å². The number of rotatable bonds is 6. The Labute approximate surface area is 145 Å². The molecule has 9 heteroatoms. The van der Waals surface area contributed by atoms with E-state index in [1.807, 2.05) is 6.92 Å². The third-order valence-electron chi connectivity index (χ3n) is 1.44. The number of hydrogen-bond acceptors (Lipinski definition) is 8. The monoisotopic (exact) mass is 348 g/mol. The zero-order chi connectivity index (χ0) is 19.3. The number of aliphatic carboxylic acids is 2. The Bertz CT molecular complexity index is 302. The Morgan fingerprint density at radius 1 is 0.870 bits per heavy atom. The summed E-state index contributed by atoms with van der Waals surface area (Å²) in [7, 11) is 0. The van der Waals surface area contributed by atoms with Gasteiger partial charge < -0.3 is 24.5 Å². The molecule has 0 aromatic carbocycles. The van der Waals surface area contributed by atoms with Gasteiger partial charge in [-0.1, -0.05) is 13.8 Å². The van der Waals surface area contributed by atoms with Crippen molar-refractivity contribution >= 4 is 40.3 Å². The number of Topliss-reactive ketones (excluding diaryl/α,β-unsaturated/α-hetero) is 1. The molecule has 0 atom stereocenters. The van der Waals surface area contributed by atoms with Crippen LogP contribution in [0.2, 0.25) is 0 Å². The third-order valence-corrected chi connectivity index (χ3v) is 1.78. The number of ketones is 1. The van der Waals surface area contributed by atoms with Crippen LogP contribution in [0.1, 0.15) is 53.9 Å². The van der Waals surface area contributed by atoms with Gasteiger partial charge in [-0.3, -0.25) is 9.59 Å². The number of carbonyl (C=O) groups excluding carboxylic acids is 4. The fourth-order valence-electron chi connectivity index (χ4n) is 0.415. The predicted molar refractivity (Wildman–Crippen MR) is 79.9 cm³/mol. The van der Waals surface area contributed by atoms with E-state index < -0.39 is 17.9 Å². The molecule has 0 rings (SSSR count). The van der Waals surface area contributed by atoms with E-state index >= 15 is 0 Å². The Hall–Kier alpha value is -1.43. The van der Waals surface area contributed by atoms with E-state index in [0.29, 0.717) is 6.61 Å². The van der Waals surface area contributed by atoms with Crippen molar-refractivity contribution in [2.45, 2.75) is 53.9 Å². The molecule has 132 valence electrons. The second kappa shape index (κ2) is 25.5. The van der Waals surface area contributed by atoms with Crippen molar-refractivity contribution in [2.75, 3.05) is 13.2 Å². The van der Waals surface area contributed by atoms with Crippen molar-refractivity contribution in [1.82, 2.24) is 0 Å². The van der Waals surface area contributed by atoms with Gasteiger partial charge in [0.15, 0.2) is 0 Å². The molecule has 0 N–H and O–H groups in total.